The molecule has 2 aromatic carbocycles. The normalized spacial score (nSPS) is 10.8. The van der Waals surface area contributed by atoms with Crippen LogP contribution in [0, 0.1) is 6.92 Å². The molecule has 3 aromatic rings. The Morgan fingerprint density at radius 2 is 1.89 bits per heavy atom. The van der Waals surface area contributed by atoms with Crippen LogP contribution in [0.5, 0.6) is 0 Å². The van der Waals surface area contributed by atoms with E-state index in [0.29, 0.717) is 0 Å². The number of amides is 1. The molecular weight excluding hydrogens is 492 g/mol. The van der Waals surface area contributed by atoms with Crippen LogP contribution in [-0.4, -0.2) is 26.4 Å². The monoisotopic (exact) mass is 508 g/mol. The molecule has 0 aliphatic rings. The Morgan fingerprint density at radius 3 is 2.59 bits per heavy atom. The van der Waals surface area contributed by atoms with Gasteiger partial charge in [-0.05, 0) is 48.0 Å². The summed E-state index contributed by atoms with van der Waals surface area (Å²) in [4.78, 5) is 12.3. The van der Waals surface area contributed by atoms with E-state index in [-0.39, 0.29) is 11.7 Å². The smallest absolute Gasteiger partial charge is 0.234 e. The molecular formula is C19H18Br2N4OS. The molecule has 0 spiro atoms. The first-order chi connectivity index (χ1) is 13.0. The summed E-state index contributed by atoms with van der Waals surface area (Å²) < 4.78 is 3.77. The lowest BCUT2D eigenvalue weighted by Gasteiger charge is -2.09. The third-order valence-corrected chi connectivity index (χ3v) is 6.03. The van der Waals surface area contributed by atoms with Gasteiger partial charge in [-0.1, -0.05) is 57.5 Å². The summed E-state index contributed by atoms with van der Waals surface area (Å²) in [7, 11) is 0. The van der Waals surface area contributed by atoms with Crippen LogP contribution >= 0.6 is 43.6 Å². The zero-order valence-electron chi connectivity index (χ0n) is 14.9. The third kappa shape index (κ3) is 5.00. The molecule has 1 N–H and O–H groups in total. The second-order valence-electron chi connectivity index (χ2n) is 5.88. The van der Waals surface area contributed by atoms with E-state index in [4.69, 9.17) is 0 Å². The molecule has 0 atom stereocenters. The summed E-state index contributed by atoms with van der Waals surface area (Å²) in [6, 6.07) is 13.8. The van der Waals surface area contributed by atoms with Gasteiger partial charge in [0.2, 0.25) is 5.91 Å². The Morgan fingerprint density at radius 1 is 1.15 bits per heavy atom. The minimum absolute atomic E-state index is 0.0960. The highest BCUT2D eigenvalue weighted by atomic mass is 79.9. The first-order valence-electron chi connectivity index (χ1n) is 8.36. The van der Waals surface area contributed by atoms with E-state index in [0.717, 1.165) is 37.7 Å². The number of carbonyl (C=O) groups excluding carboxylic acids is 1. The van der Waals surface area contributed by atoms with Crippen molar-refractivity contribution in [1.82, 2.24) is 14.8 Å². The predicted octanol–water partition coefficient (Wildman–Crippen LogP) is 5.53. The molecule has 1 aromatic heterocycles. The SMILES string of the molecule is CCn1c(SCC(=O)Nc2cc(Br)ccc2Br)nnc1-c1ccc(C)cc1. The standard InChI is InChI=1S/C19H18Br2N4OS/c1-3-25-18(13-6-4-12(2)5-7-13)23-24-19(25)27-11-17(26)22-16-10-14(20)8-9-15(16)21/h4-10H,3,11H2,1-2H3,(H,22,26). The fourth-order valence-corrected chi connectivity index (χ4v) is 4.02. The number of thioether (sulfide) groups is 1. The molecule has 0 bridgehead atoms. The number of aryl methyl sites for hydroxylation is 1. The molecule has 27 heavy (non-hydrogen) atoms. The van der Waals surface area contributed by atoms with E-state index in [1.54, 1.807) is 0 Å². The molecule has 8 heteroatoms. The van der Waals surface area contributed by atoms with E-state index >= 15 is 0 Å². The van der Waals surface area contributed by atoms with Crippen molar-refractivity contribution in [2.75, 3.05) is 11.1 Å². The van der Waals surface area contributed by atoms with Crippen LogP contribution in [0.3, 0.4) is 0 Å². The number of carbonyl (C=O) groups is 1. The molecule has 0 aliphatic carbocycles. The predicted molar refractivity (Wildman–Crippen MR) is 117 cm³/mol. The van der Waals surface area contributed by atoms with Crippen molar-refractivity contribution < 1.29 is 4.79 Å². The average Bonchev–Trinajstić information content (AvgIpc) is 3.06. The van der Waals surface area contributed by atoms with Crippen molar-refractivity contribution in [1.29, 1.82) is 0 Å². The summed E-state index contributed by atoms with van der Waals surface area (Å²) >= 11 is 8.23. The quantitative estimate of drug-likeness (QED) is 0.444. The van der Waals surface area contributed by atoms with Crippen molar-refractivity contribution in [2.24, 2.45) is 0 Å². The zero-order valence-corrected chi connectivity index (χ0v) is 18.9. The van der Waals surface area contributed by atoms with Crippen LogP contribution in [0.15, 0.2) is 56.6 Å². The molecule has 0 unspecified atom stereocenters. The van der Waals surface area contributed by atoms with E-state index in [2.05, 4.69) is 66.4 Å². The Balaban J connectivity index is 1.70. The van der Waals surface area contributed by atoms with Crippen molar-refractivity contribution in [3.63, 3.8) is 0 Å². The van der Waals surface area contributed by atoms with Crippen LogP contribution in [0.2, 0.25) is 0 Å². The largest absolute Gasteiger partial charge is 0.324 e. The summed E-state index contributed by atoms with van der Waals surface area (Å²) in [5.41, 5.74) is 2.95. The molecule has 1 amide bonds. The van der Waals surface area contributed by atoms with E-state index in [9.17, 15) is 4.79 Å². The number of nitrogens with zero attached hydrogens (tertiary/aromatic N) is 3. The first-order valence-corrected chi connectivity index (χ1v) is 10.9. The maximum absolute atomic E-state index is 12.3. The van der Waals surface area contributed by atoms with Gasteiger partial charge in [0.1, 0.15) is 0 Å². The Labute approximate surface area is 179 Å². The van der Waals surface area contributed by atoms with Crippen molar-refractivity contribution >= 4 is 55.2 Å². The first kappa shape index (κ1) is 20.1. The highest BCUT2D eigenvalue weighted by Crippen LogP contribution is 2.27. The van der Waals surface area contributed by atoms with Crippen LogP contribution in [0.4, 0.5) is 5.69 Å². The van der Waals surface area contributed by atoms with E-state index in [1.807, 2.05) is 41.8 Å². The van der Waals surface area contributed by atoms with Gasteiger partial charge in [0.05, 0.1) is 11.4 Å². The maximum Gasteiger partial charge on any atom is 0.234 e. The molecule has 0 radical (unpaired) electrons. The number of rotatable bonds is 6. The molecule has 3 rings (SSSR count). The Hall–Kier alpha value is -1.64. The molecule has 140 valence electrons. The Kier molecular flexibility index (Phi) is 6.73. The zero-order chi connectivity index (χ0) is 19.4. The van der Waals surface area contributed by atoms with Gasteiger partial charge in [-0.15, -0.1) is 10.2 Å². The van der Waals surface area contributed by atoms with E-state index < -0.39 is 0 Å². The van der Waals surface area contributed by atoms with Gasteiger partial charge >= 0.3 is 0 Å². The van der Waals surface area contributed by atoms with Gasteiger partial charge in [-0.3, -0.25) is 4.79 Å². The number of benzene rings is 2. The van der Waals surface area contributed by atoms with Gasteiger partial charge in [0.25, 0.3) is 0 Å². The van der Waals surface area contributed by atoms with Gasteiger partial charge < -0.3 is 9.88 Å². The second kappa shape index (κ2) is 9.03. The Bertz CT molecular complexity index is 957. The number of hydrogen-bond donors (Lipinski definition) is 1. The van der Waals surface area contributed by atoms with Crippen LogP contribution < -0.4 is 5.32 Å². The van der Waals surface area contributed by atoms with Crippen LogP contribution in [0.25, 0.3) is 11.4 Å². The van der Waals surface area contributed by atoms with E-state index in [1.165, 1.54) is 17.3 Å². The van der Waals surface area contributed by atoms with Crippen molar-refractivity contribution in [3.05, 3.63) is 57.0 Å². The maximum atomic E-state index is 12.3. The number of hydrogen-bond acceptors (Lipinski definition) is 4. The number of nitrogens with one attached hydrogen (secondary N) is 1. The minimum Gasteiger partial charge on any atom is -0.324 e. The highest BCUT2D eigenvalue weighted by Gasteiger charge is 2.15. The fourth-order valence-electron chi connectivity index (χ4n) is 2.51. The summed E-state index contributed by atoms with van der Waals surface area (Å²) in [6.07, 6.45) is 0. The molecule has 0 saturated heterocycles. The lowest BCUT2D eigenvalue weighted by Crippen LogP contribution is -2.15. The topological polar surface area (TPSA) is 59.8 Å². The van der Waals surface area contributed by atoms with Crippen molar-refractivity contribution in [3.8, 4) is 11.4 Å². The van der Waals surface area contributed by atoms with Gasteiger partial charge in [0, 0.05) is 21.1 Å². The second-order valence-corrected chi connectivity index (χ2v) is 8.59. The fraction of sp³-hybridized carbons (Fsp3) is 0.211. The van der Waals surface area contributed by atoms with Gasteiger partial charge in [-0.2, -0.15) is 0 Å². The molecule has 0 fully saturated rings. The highest BCUT2D eigenvalue weighted by molar-refractivity contribution is 9.11. The van der Waals surface area contributed by atoms with Gasteiger partial charge in [0.15, 0.2) is 11.0 Å². The molecule has 0 aliphatic heterocycles. The van der Waals surface area contributed by atoms with Crippen LogP contribution in [0.1, 0.15) is 12.5 Å². The van der Waals surface area contributed by atoms with Crippen molar-refractivity contribution in [2.45, 2.75) is 25.5 Å². The average molecular weight is 510 g/mol. The van der Waals surface area contributed by atoms with Gasteiger partial charge in [-0.25, -0.2) is 0 Å². The third-order valence-electron chi connectivity index (χ3n) is 3.88. The number of aromatic nitrogens is 3. The minimum atomic E-state index is -0.0960. The number of halogens is 2. The summed E-state index contributed by atoms with van der Waals surface area (Å²) in [6.45, 7) is 4.83. The summed E-state index contributed by atoms with van der Waals surface area (Å²) in [5.74, 6) is 0.974. The lowest BCUT2D eigenvalue weighted by atomic mass is 10.1. The summed E-state index contributed by atoms with van der Waals surface area (Å²) in [5, 5.41) is 12.2. The molecule has 0 saturated carbocycles. The molecule has 5 nitrogen and oxygen atoms in total. The lowest BCUT2D eigenvalue weighted by molar-refractivity contribution is -0.113. The van der Waals surface area contributed by atoms with Crippen LogP contribution in [-0.2, 0) is 11.3 Å². The molecule has 1 heterocycles. The number of anilines is 1.